The standard InChI is InChI=1S/C23H21ClFN5O3/c1-11-3-19(26)29-12(2)16(11)9-28-23(32)22-18(10-31)30-20(33-22)6-13-4-14-7-15(24)8-27-21(14)17(25)5-13/h3-5,7-8,31H,6,9-10H2,1-2H3,(H2,26,29)(H,28,32). The number of pyridine rings is 2. The van der Waals surface area contributed by atoms with Gasteiger partial charge in [-0.2, -0.15) is 0 Å². The van der Waals surface area contributed by atoms with Gasteiger partial charge in [-0.3, -0.25) is 9.78 Å². The van der Waals surface area contributed by atoms with Crippen LogP contribution in [0.25, 0.3) is 10.9 Å². The number of aryl methyl sites for hydroxylation is 2. The minimum absolute atomic E-state index is 0.0948. The summed E-state index contributed by atoms with van der Waals surface area (Å²) in [5.74, 6) is -0.564. The van der Waals surface area contributed by atoms with E-state index in [1.165, 1.54) is 12.3 Å². The van der Waals surface area contributed by atoms with Crippen molar-refractivity contribution in [2.45, 2.75) is 33.4 Å². The van der Waals surface area contributed by atoms with Crippen molar-refractivity contribution in [3.05, 3.63) is 81.0 Å². The van der Waals surface area contributed by atoms with E-state index in [0.717, 1.165) is 11.1 Å². The number of rotatable bonds is 6. The molecule has 170 valence electrons. The number of fused-ring (bicyclic) bond motifs is 1. The Morgan fingerprint density at radius 3 is 2.76 bits per heavy atom. The summed E-state index contributed by atoms with van der Waals surface area (Å²) in [6.45, 7) is 3.40. The molecule has 0 unspecified atom stereocenters. The summed E-state index contributed by atoms with van der Waals surface area (Å²) in [7, 11) is 0. The fraction of sp³-hybridized carbons (Fsp3) is 0.217. The summed E-state index contributed by atoms with van der Waals surface area (Å²) in [5.41, 5.74) is 9.04. The number of hydrogen-bond acceptors (Lipinski definition) is 7. The lowest BCUT2D eigenvalue weighted by Gasteiger charge is -2.11. The number of hydrogen-bond donors (Lipinski definition) is 3. The minimum atomic E-state index is -0.533. The number of halogens is 2. The largest absolute Gasteiger partial charge is 0.435 e. The Labute approximate surface area is 193 Å². The molecule has 0 atom stereocenters. The summed E-state index contributed by atoms with van der Waals surface area (Å²) in [4.78, 5) is 25.2. The Morgan fingerprint density at radius 1 is 1.24 bits per heavy atom. The van der Waals surface area contributed by atoms with Gasteiger partial charge in [0.05, 0.1) is 11.6 Å². The number of aliphatic hydroxyl groups excluding tert-OH is 1. The smallest absolute Gasteiger partial charge is 0.289 e. The molecule has 3 aromatic heterocycles. The maximum atomic E-state index is 14.4. The van der Waals surface area contributed by atoms with Crippen molar-refractivity contribution in [3.8, 4) is 0 Å². The molecule has 0 saturated heterocycles. The SMILES string of the molecule is Cc1cc(N)nc(C)c1CNC(=O)c1oc(Cc2cc(F)c3ncc(Cl)cc3c2)nc1CO. The van der Waals surface area contributed by atoms with Crippen LogP contribution in [0.2, 0.25) is 5.02 Å². The van der Waals surface area contributed by atoms with E-state index >= 15 is 0 Å². The number of nitrogens with two attached hydrogens (primary N) is 1. The van der Waals surface area contributed by atoms with Crippen molar-refractivity contribution in [1.82, 2.24) is 20.3 Å². The van der Waals surface area contributed by atoms with Crippen LogP contribution in [0, 0.1) is 19.7 Å². The van der Waals surface area contributed by atoms with E-state index in [-0.39, 0.29) is 35.8 Å². The Morgan fingerprint density at radius 2 is 2.03 bits per heavy atom. The predicted molar refractivity (Wildman–Crippen MR) is 121 cm³/mol. The number of benzene rings is 1. The molecule has 4 rings (SSSR count). The van der Waals surface area contributed by atoms with Crippen LogP contribution in [-0.4, -0.2) is 26.0 Å². The number of oxazole rings is 1. The third-order valence-electron chi connectivity index (χ3n) is 5.22. The number of nitrogens with zero attached hydrogens (tertiary/aromatic N) is 3. The quantitative estimate of drug-likeness (QED) is 0.393. The fourth-order valence-electron chi connectivity index (χ4n) is 3.68. The maximum Gasteiger partial charge on any atom is 0.289 e. The summed E-state index contributed by atoms with van der Waals surface area (Å²) in [6, 6.07) is 6.39. The molecular formula is C23H21ClFN5O3. The Balaban J connectivity index is 1.55. The van der Waals surface area contributed by atoms with Crippen LogP contribution >= 0.6 is 11.6 Å². The van der Waals surface area contributed by atoms with Gasteiger partial charge < -0.3 is 20.6 Å². The van der Waals surface area contributed by atoms with Crippen molar-refractivity contribution < 1.29 is 18.7 Å². The molecule has 1 aromatic carbocycles. The highest BCUT2D eigenvalue weighted by molar-refractivity contribution is 6.31. The summed E-state index contributed by atoms with van der Waals surface area (Å²) < 4.78 is 20.1. The Kier molecular flexibility index (Phi) is 6.26. The monoisotopic (exact) mass is 469 g/mol. The van der Waals surface area contributed by atoms with Gasteiger partial charge in [0.1, 0.15) is 22.8 Å². The van der Waals surface area contributed by atoms with Crippen LogP contribution in [0.15, 0.2) is 34.9 Å². The first-order valence-electron chi connectivity index (χ1n) is 10.1. The van der Waals surface area contributed by atoms with Crippen LogP contribution in [0.4, 0.5) is 10.2 Å². The van der Waals surface area contributed by atoms with Crippen LogP contribution in [0.3, 0.4) is 0 Å². The van der Waals surface area contributed by atoms with E-state index in [4.69, 9.17) is 21.8 Å². The number of amides is 1. The van der Waals surface area contributed by atoms with Gasteiger partial charge in [-0.05, 0) is 54.8 Å². The van der Waals surface area contributed by atoms with Crippen LogP contribution in [-0.2, 0) is 19.6 Å². The third kappa shape index (κ3) is 4.79. The molecule has 0 bridgehead atoms. The second-order valence-corrected chi connectivity index (χ2v) is 8.07. The van der Waals surface area contributed by atoms with Crippen molar-refractivity contribution in [2.24, 2.45) is 0 Å². The first-order chi connectivity index (χ1) is 15.7. The maximum absolute atomic E-state index is 14.4. The zero-order chi connectivity index (χ0) is 23.7. The highest BCUT2D eigenvalue weighted by Crippen LogP contribution is 2.24. The third-order valence-corrected chi connectivity index (χ3v) is 5.42. The second kappa shape index (κ2) is 9.13. The van der Waals surface area contributed by atoms with E-state index in [9.17, 15) is 14.3 Å². The minimum Gasteiger partial charge on any atom is -0.435 e. The summed E-state index contributed by atoms with van der Waals surface area (Å²) in [6.07, 6.45) is 1.49. The lowest BCUT2D eigenvalue weighted by atomic mass is 10.1. The second-order valence-electron chi connectivity index (χ2n) is 7.63. The van der Waals surface area contributed by atoms with E-state index in [1.54, 1.807) is 18.2 Å². The highest BCUT2D eigenvalue weighted by Gasteiger charge is 2.21. The molecule has 3 heterocycles. The molecule has 0 aliphatic heterocycles. The number of nitrogen functional groups attached to an aromatic ring is 1. The molecule has 0 aliphatic rings. The van der Waals surface area contributed by atoms with Gasteiger partial charge >= 0.3 is 0 Å². The molecule has 10 heteroatoms. The first-order valence-corrected chi connectivity index (χ1v) is 10.5. The van der Waals surface area contributed by atoms with Crippen molar-refractivity contribution in [3.63, 3.8) is 0 Å². The number of nitrogens with one attached hydrogen (secondary N) is 1. The van der Waals surface area contributed by atoms with Gasteiger partial charge in [0, 0.05) is 30.2 Å². The zero-order valence-corrected chi connectivity index (χ0v) is 18.7. The van der Waals surface area contributed by atoms with Crippen molar-refractivity contribution >= 4 is 34.2 Å². The molecule has 8 nitrogen and oxygen atoms in total. The summed E-state index contributed by atoms with van der Waals surface area (Å²) in [5, 5.41) is 13.3. The van der Waals surface area contributed by atoms with Gasteiger partial charge in [0.15, 0.2) is 5.89 Å². The highest BCUT2D eigenvalue weighted by atomic mass is 35.5. The van der Waals surface area contributed by atoms with Crippen LogP contribution in [0.5, 0.6) is 0 Å². The van der Waals surface area contributed by atoms with Gasteiger partial charge in [-0.1, -0.05) is 11.6 Å². The molecule has 1 amide bonds. The average molecular weight is 470 g/mol. The lowest BCUT2D eigenvalue weighted by molar-refractivity contribution is 0.0917. The van der Waals surface area contributed by atoms with E-state index < -0.39 is 18.3 Å². The number of carbonyl (C=O) groups is 1. The van der Waals surface area contributed by atoms with Crippen LogP contribution in [0.1, 0.15) is 44.5 Å². The molecular weight excluding hydrogens is 449 g/mol. The summed E-state index contributed by atoms with van der Waals surface area (Å²) >= 11 is 5.96. The van der Waals surface area contributed by atoms with Gasteiger partial charge in [-0.15, -0.1) is 0 Å². The van der Waals surface area contributed by atoms with Gasteiger partial charge in [-0.25, -0.2) is 14.4 Å². The number of aromatic nitrogens is 3. The zero-order valence-electron chi connectivity index (χ0n) is 17.9. The molecule has 0 saturated carbocycles. The molecule has 33 heavy (non-hydrogen) atoms. The van der Waals surface area contributed by atoms with E-state index in [0.29, 0.717) is 27.5 Å². The molecule has 0 fully saturated rings. The van der Waals surface area contributed by atoms with Crippen molar-refractivity contribution in [2.75, 3.05) is 5.73 Å². The molecule has 0 radical (unpaired) electrons. The Hall–Kier alpha value is -3.56. The van der Waals surface area contributed by atoms with E-state index in [2.05, 4.69) is 20.3 Å². The van der Waals surface area contributed by atoms with Gasteiger partial charge in [0.2, 0.25) is 5.76 Å². The van der Waals surface area contributed by atoms with Gasteiger partial charge in [0.25, 0.3) is 5.91 Å². The number of anilines is 1. The predicted octanol–water partition coefficient (Wildman–Crippen LogP) is 3.62. The fourth-order valence-corrected chi connectivity index (χ4v) is 3.85. The molecule has 0 spiro atoms. The normalized spacial score (nSPS) is 11.2. The lowest BCUT2D eigenvalue weighted by Crippen LogP contribution is -2.24. The first kappa shape index (κ1) is 22.6. The van der Waals surface area contributed by atoms with E-state index in [1.807, 2.05) is 13.8 Å². The number of carbonyl (C=O) groups excluding carboxylic acids is 1. The topological polar surface area (TPSA) is 127 Å². The number of aliphatic hydroxyl groups is 1. The Bertz CT molecular complexity index is 1350. The molecule has 4 aromatic rings. The van der Waals surface area contributed by atoms with Crippen LogP contribution < -0.4 is 11.1 Å². The molecule has 0 aliphatic carbocycles. The average Bonchev–Trinajstić information content (AvgIpc) is 3.15. The van der Waals surface area contributed by atoms with Crippen molar-refractivity contribution in [1.29, 1.82) is 0 Å². The molecule has 4 N–H and O–H groups in total.